The molecule has 2 aromatic carbocycles. The Kier molecular flexibility index (Phi) is 4.46. The van der Waals surface area contributed by atoms with Gasteiger partial charge in [0.1, 0.15) is 0 Å². The molecule has 0 unspecified atom stereocenters. The Morgan fingerprint density at radius 2 is 1.67 bits per heavy atom. The number of nitrogens with zero attached hydrogens (tertiary/aromatic N) is 1. The third kappa shape index (κ3) is 3.52. The first-order valence-electron chi connectivity index (χ1n) is 7.27. The first kappa shape index (κ1) is 15.3. The summed E-state index contributed by atoms with van der Waals surface area (Å²) in [5.74, 6) is 0.0862. The van der Waals surface area contributed by atoms with Crippen LogP contribution in [-0.4, -0.2) is 17.9 Å². The molecule has 0 saturated carbocycles. The monoisotopic (exact) mass is 281 g/mol. The maximum atomic E-state index is 11.4. The van der Waals surface area contributed by atoms with Crippen LogP contribution in [0.2, 0.25) is 0 Å². The molecule has 21 heavy (non-hydrogen) atoms. The summed E-state index contributed by atoms with van der Waals surface area (Å²) in [5, 5.41) is 0. The van der Waals surface area contributed by atoms with Crippen molar-refractivity contribution in [1.29, 1.82) is 0 Å². The van der Waals surface area contributed by atoms with E-state index in [9.17, 15) is 4.79 Å². The van der Waals surface area contributed by atoms with Crippen LogP contribution in [0.5, 0.6) is 0 Å². The molecule has 0 aliphatic heterocycles. The molecular weight excluding hydrogens is 258 g/mol. The molecule has 2 rings (SSSR count). The summed E-state index contributed by atoms with van der Waals surface area (Å²) in [7, 11) is 1.83. The summed E-state index contributed by atoms with van der Waals surface area (Å²) in [6.07, 6.45) is 0. The first-order chi connectivity index (χ1) is 9.88. The lowest BCUT2D eigenvalue weighted by Crippen LogP contribution is -2.22. The van der Waals surface area contributed by atoms with Crippen molar-refractivity contribution >= 4 is 5.91 Å². The van der Waals surface area contributed by atoms with Gasteiger partial charge in [-0.3, -0.25) is 4.79 Å². The minimum Gasteiger partial charge on any atom is -0.342 e. The number of amides is 1. The van der Waals surface area contributed by atoms with Crippen molar-refractivity contribution in [1.82, 2.24) is 4.90 Å². The smallest absolute Gasteiger partial charge is 0.219 e. The fraction of sp³-hybridized carbons (Fsp3) is 0.316. The number of hydrogen-bond donors (Lipinski definition) is 0. The highest BCUT2D eigenvalue weighted by Crippen LogP contribution is 2.29. The average molecular weight is 281 g/mol. The predicted molar refractivity (Wildman–Crippen MR) is 88.2 cm³/mol. The number of rotatable bonds is 3. The van der Waals surface area contributed by atoms with Crippen molar-refractivity contribution in [3.63, 3.8) is 0 Å². The second-order valence-corrected chi connectivity index (χ2v) is 5.85. The SMILES string of the molecule is CC(=O)N(C)Cc1cccc(-c2c(C)cc(C)cc2C)c1. The van der Waals surface area contributed by atoms with Crippen LogP contribution in [0.1, 0.15) is 29.2 Å². The Labute approximate surface area is 127 Å². The van der Waals surface area contributed by atoms with Crippen LogP contribution in [0.4, 0.5) is 0 Å². The third-order valence-corrected chi connectivity index (χ3v) is 3.85. The third-order valence-electron chi connectivity index (χ3n) is 3.85. The molecule has 0 bridgehead atoms. The van der Waals surface area contributed by atoms with E-state index in [1.54, 1.807) is 11.8 Å². The van der Waals surface area contributed by atoms with E-state index in [1.807, 2.05) is 7.05 Å². The van der Waals surface area contributed by atoms with Crippen LogP contribution < -0.4 is 0 Å². The van der Waals surface area contributed by atoms with Crippen LogP contribution in [0.25, 0.3) is 11.1 Å². The molecule has 2 nitrogen and oxygen atoms in total. The topological polar surface area (TPSA) is 20.3 Å². The van der Waals surface area contributed by atoms with Crippen molar-refractivity contribution in [3.05, 3.63) is 58.7 Å². The number of benzene rings is 2. The molecule has 0 aliphatic carbocycles. The van der Waals surface area contributed by atoms with E-state index in [4.69, 9.17) is 0 Å². The number of aryl methyl sites for hydroxylation is 3. The lowest BCUT2D eigenvalue weighted by atomic mass is 9.93. The average Bonchev–Trinajstić information content (AvgIpc) is 2.37. The van der Waals surface area contributed by atoms with Crippen molar-refractivity contribution in [2.45, 2.75) is 34.2 Å². The van der Waals surface area contributed by atoms with E-state index >= 15 is 0 Å². The van der Waals surface area contributed by atoms with E-state index in [-0.39, 0.29) is 5.91 Å². The summed E-state index contributed by atoms with van der Waals surface area (Å²) >= 11 is 0. The second kappa shape index (κ2) is 6.13. The standard InChI is InChI=1S/C19H23NO/c1-13-9-14(2)19(15(3)10-13)18-8-6-7-17(11-18)12-20(5)16(4)21/h6-11H,12H2,1-5H3. The Hall–Kier alpha value is -2.09. The molecule has 0 saturated heterocycles. The van der Waals surface area contributed by atoms with Crippen molar-refractivity contribution in [2.75, 3.05) is 7.05 Å². The molecule has 0 radical (unpaired) electrons. The van der Waals surface area contributed by atoms with Crippen molar-refractivity contribution in [3.8, 4) is 11.1 Å². The molecule has 0 atom stereocenters. The van der Waals surface area contributed by atoms with E-state index in [2.05, 4.69) is 57.2 Å². The van der Waals surface area contributed by atoms with E-state index in [0.29, 0.717) is 6.54 Å². The Morgan fingerprint density at radius 3 is 2.24 bits per heavy atom. The Morgan fingerprint density at radius 1 is 1.05 bits per heavy atom. The molecule has 0 aliphatic rings. The summed E-state index contributed by atoms with van der Waals surface area (Å²) in [6.45, 7) is 8.68. The number of carbonyl (C=O) groups excluding carboxylic acids is 1. The van der Waals surface area contributed by atoms with E-state index < -0.39 is 0 Å². The van der Waals surface area contributed by atoms with Gasteiger partial charge in [-0.1, -0.05) is 35.9 Å². The molecule has 2 heteroatoms. The van der Waals surface area contributed by atoms with Gasteiger partial charge in [-0.2, -0.15) is 0 Å². The minimum atomic E-state index is 0.0862. The zero-order valence-corrected chi connectivity index (χ0v) is 13.5. The molecule has 110 valence electrons. The van der Waals surface area contributed by atoms with Gasteiger partial charge in [-0.15, -0.1) is 0 Å². The van der Waals surface area contributed by atoms with Crippen LogP contribution >= 0.6 is 0 Å². The Balaban J connectivity index is 2.40. The molecule has 0 N–H and O–H groups in total. The molecule has 0 heterocycles. The van der Waals surface area contributed by atoms with Gasteiger partial charge in [0, 0.05) is 20.5 Å². The fourth-order valence-electron chi connectivity index (χ4n) is 2.85. The van der Waals surface area contributed by atoms with Crippen molar-refractivity contribution < 1.29 is 4.79 Å². The fourth-order valence-corrected chi connectivity index (χ4v) is 2.85. The zero-order chi connectivity index (χ0) is 15.6. The first-order valence-corrected chi connectivity index (χ1v) is 7.27. The van der Waals surface area contributed by atoms with Gasteiger partial charge < -0.3 is 4.90 Å². The lowest BCUT2D eigenvalue weighted by Gasteiger charge is -2.17. The highest BCUT2D eigenvalue weighted by atomic mass is 16.2. The molecule has 0 fully saturated rings. The quantitative estimate of drug-likeness (QED) is 0.823. The van der Waals surface area contributed by atoms with Gasteiger partial charge in [-0.05, 0) is 54.7 Å². The van der Waals surface area contributed by atoms with Crippen LogP contribution in [0.15, 0.2) is 36.4 Å². The van der Waals surface area contributed by atoms with Gasteiger partial charge in [-0.25, -0.2) is 0 Å². The summed E-state index contributed by atoms with van der Waals surface area (Å²) in [5.41, 5.74) is 7.56. The highest BCUT2D eigenvalue weighted by molar-refractivity contribution is 5.74. The van der Waals surface area contributed by atoms with E-state index in [0.717, 1.165) is 5.56 Å². The molecule has 2 aromatic rings. The minimum absolute atomic E-state index is 0.0862. The molecule has 1 amide bonds. The molecular formula is C19H23NO. The van der Waals surface area contributed by atoms with Gasteiger partial charge in [0.05, 0.1) is 0 Å². The van der Waals surface area contributed by atoms with Gasteiger partial charge in [0.2, 0.25) is 5.91 Å². The summed E-state index contributed by atoms with van der Waals surface area (Å²) in [4.78, 5) is 13.1. The lowest BCUT2D eigenvalue weighted by molar-refractivity contribution is -0.128. The second-order valence-electron chi connectivity index (χ2n) is 5.85. The summed E-state index contributed by atoms with van der Waals surface area (Å²) < 4.78 is 0. The molecule has 0 spiro atoms. The normalized spacial score (nSPS) is 10.5. The predicted octanol–water partition coefficient (Wildman–Crippen LogP) is 4.26. The van der Waals surface area contributed by atoms with Crippen molar-refractivity contribution in [2.24, 2.45) is 0 Å². The van der Waals surface area contributed by atoms with Gasteiger partial charge in [0.25, 0.3) is 0 Å². The number of carbonyl (C=O) groups is 1. The number of hydrogen-bond acceptors (Lipinski definition) is 1. The zero-order valence-electron chi connectivity index (χ0n) is 13.5. The van der Waals surface area contributed by atoms with Gasteiger partial charge in [0.15, 0.2) is 0 Å². The van der Waals surface area contributed by atoms with Gasteiger partial charge >= 0.3 is 0 Å². The summed E-state index contributed by atoms with van der Waals surface area (Å²) in [6, 6.07) is 12.9. The largest absolute Gasteiger partial charge is 0.342 e. The maximum absolute atomic E-state index is 11.4. The van der Waals surface area contributed by atoms with Crippen LogP contribution in [-0.2, 0) is 11.3 Å². The molecule has 0 aromatic heterocycles. The van der Waals surface area contributed by atoms with Crippen LogP contribution in [0.3, 0.4) is 0 Å². The van der Waals surface area contributed by atoms with Crippen LogP contribution in [0, 0.1) is 20.8 Å². The van der Waals surface area contributed by atoms with E-state index in [1.165, 1.54) is 27.8 Å². The maximum Gasteiger partial charge on any atom is 0.219 e. The Bertz CT molecular complexity index is 650. The highest BCUT2D eigenvalue weighted by Gasteiger charge is 2.09.